The summed E-state index contributed by atoms with van der Waals surface area (Å²) >= 11 is 0. The van der Waals surface area contributed by atoms with Crippen molar-refractivity contribution < 1.29 is 9.15 Å². The van der Waals surface area contributed by atoms with Crippen LogP contribution >= 0.6 is 0 Å². The normalized spacial score (nSPS) is 10.4. The smallest absolute Gasteiger partial charge is 0.139 e. The Morgan fingerprint density at radius 2 is 2.25 bits per heavy atom. The van der Waals surface area contributed by atoms with Gasteiger partial charge in [-0.2, -0.15) is 0 Å². The van der Waals surface area contributed by atoms with Crippen LogP contribution in [0, 0.1) is 0 Å². The van der Waals surface area contributed by atoms with Crippen molar-refractivity contribution in [2.75, 3.05) is 12.8 Å². The number of hydrogen-bond donors (Lipinski definition) is 1. The van der Waals surface area contributed by atoms with Gasteiger partial charge in [-0.3, -0.25) is 0 Å². The Morgan fingerprint density at radius 3 is 3.00 bits per heavy atom. The summed E-state index contributed by atoms with van der Waals surface area (Å²) in [5.41, 5.74) is 7.17. The van der Waals surface area contributed by atoms with E-state index in [0.29, 0.717) is 5.69 Å². The third-order valence-electron chi connectivity index (χ3n) is 1.81. The van der Waals surface area contributed by atoms with Crippen LogP contribution in [0.4, 0.5) is 5.69 Å². The molecule has 0 aliphatic heterocycles. The molecule has 0 unspecified atom stereocenters. The number of fused-ring (bicyclic) bond motifs is 1. The van der Waals surface area contributed by atoms with Crippen LogP contribution in [-0.2, 0) is 0 Å². The van der Waals surface area contributed by atoms with Crippen LogP contribution in [0.3, 0.4) is 0 Å². The van der Waals surface area contributed by atoms with E-state index in [1.165, 1.54) is 0 Å². The minimum absolute atomic E-state index is 0.679. The fourth-order valence-electron chi connectivity index (χ4n) is 1.19. The average molecular weight is 163 g/mol. The van der Waals surface area contributed by atoms with E-state index in [1.54, 1.807) is 19.4 Å². The van der Waals surface area contributed by atoms with E-state index in [4.69, 9.17) is 14.9 Å². The summed E-state index contributed by atoms with van der Waals surface area (Å²) in [6.45, 7) is 0. The summed E-state index contributed by atoms with van der Waals surface area (Å²) in [5, 5.41) is 0.927. The summed E-state index contributed by atoms with van der Waals surface area (Å²) in [5.74, 6) is 0.718. The summed E-state index contributed by atoms with van der Waals surface area (Å²) in [4.78, 5) is 0. The topological polar surface area (TPSA) is 48.4 Å². The Labute approximate surface area is 69.7 Å². The molecule has 1 aromatic heterocycles. The zero-order valence-corrected chi connectivity index (χ0v) is 6.70. The van der Waals surface area contributed by atoms with Crippen LogP contribution in [0.15, 0.2) is 28.9 Å². The lowest BCUT2D eigenvalue weighted by Gasteiger charge is -2.00. The molecule has 0 aliphatic rings. The Balaban J connectivity index is 2.75. The fourth-order valence-corrected chi connectivity index (χ4v) is 1.19. The van der Waals surface area contributed by atoms with Gasteiger partial charge < -0.3 is 14.9 Å². The zero-order valence-electron chi connectivity index (χ0n) is 6.70. The second-order valence-corrected chi connectivity index (χ2v) is 2.55. The lowest BCUT2D eigenvalue weighted by molar-refractivity contribution is 0.414. The van der Waals surface area contributed by atoms with Gasteiger partial charge in [-0.15, -0.1) is 0 Å². The first-order chi connectivity index (χ1) is 5.81. The van der Waals surface area contributed by atoms with Gasteiger partial charge in [0.15, 0.2) is 0 Å². The molecule has 0 saturated carbocycles. The van der Waals surface area contributed by atoms with Crippen LogP contribution < -0.4 is 10.5 Å². The first-order valence-corrected chi connectivity index (χ1v) is 3.62. The number of hydrogen-bond acceptors (Lipinski definition) is 3. The Morgan fingerprint density at radius 1 is 1.42 bits per heavy atom. The molecule has 62 valence electrons. The predicted octanol–water partition coefficient (Wildman–Crippen LogP) is 2.02. The highest BCUT2D eigenvalue weighted by molar-refractivity contribution is 5.90. The SMILES string of the molecule is COc1cc(N)c2ccoc2c1. The highest BCUT2D eigenvalue weighted by Gasteiger charge is 2.03. The van der Waals surface area contributed by atoms with Gasteiger partial charge in [0.1, 0.15) is 11.3 Å². The standard InChI is InChI=1S/C9H9NO2/c1-11-6-4-8(10)7-2-3-12-9(7)5-6/h2-5H,10H2,1H3. The van der Waals surface area contributed by atoms with Gasteiger partial charge in [-0.1, -0.05) is 0 Å². The van der Waals surface area contributed by atoms with Gasteiger partial charge in [0, 0.05) is 23.2 Å². The number of rotatable bonds is 1. The van der Waals surface area contributed by atoms with Crippen molar-refractivity contribution in [1.29, 1.82) is 0 Å². The second kappa shape index (κ2) is 2.44. The second-order valence-electron chi connectivity index (χ2n) is 2.55. The first kappa shape index (κ1) is 7.03. The number of nitrogens with two attached hydrogens (primary N) is 1. The molecule has 0 radical (unpaired) electrons. The molecule has 3 heteroatoms. The molecule has 2 N–H and O–H groups in total. The van der Waals surface area contributed by atoms with Crippen LogP contribution in [0.25, 0.3) is 11.0 Å². The van der Waals surface area contributed by atoms with Crippen LogP contribution in [0.1, 0.15) is 0 Å². The number of furan rings is 1. The maximum atomic E-state index is 5.74. The predicted molar refractivity (Wildman–Crippen MR) is 47.2 cm³/mol. The number of methoxy groups -OCH3 is 1. The molecule has 0 saturated heterocycles. The van der Waals surface area contributed by atoms with Gasteiger partial charge in [-0.05, 0) is 6.07 Å². The number of ether oxygens (including phenoxy) is 1. The average Bonchev–Trinajstić information content (AvgIpc) is 2.52. The Kier molecular flexibility index (Phi) is 1.43. The molecule has 0 bridgehead atoms. The van der Waals surface area contributed by atoms with Crippen molar-refractivity contribution in [1.82, 2.24) is 0 Å². The van der Waals surface area contributed by atoms with Crippen molar-refractivity contribution in [3.05, 3.63) is 24.5 Å². The van der Waals surface area contributed by atoms with Crippen molar-refractivity contribution >= 4 is 16.7 Å². The molecule has 0 spiro atoms. The highest BCUT2D eigenvalue weighted by atomic mass is 16.5. The summed E-state index contributed by atoms with van der Waals surface area (Å²) < 4.78 is 10.2. The lowest BCUT2D eigenvalue weighted by Crippen LogP contribution is -1.88. The maximum absolute atomic E-state index is 5.74. The molecule has 0 fully saturated rings. The molecule has 0 amide bonds. The van der Waals surface area contributed by atoms with Gasteiger partial charge in [0.05, 0.1) is 13.4 Å². The van der Waals surface area contributed by atoms with E-state index in [2.05, 4.69) is 0 Å². The molecule has 12 heavy (non-hydrogen) atoms. The van der Waals surface area contributed by atoms with E-state index in [9.17, 15) is 0 Å². The third kappa shape index (κ3) is 0.906. The van der Waals surface area contributed by atoms with E-state index >= 15 is 0 Å². The molecule has 2 aromatic rings. The van der Waals surface area contributed by atoms with Gasteiger partial charge >= 0.3 is 0 Å². The van der Waals surface area contributed by atoms with E-state index in [-0.39, 0.29) is 0 Å². The Hall–Kier alpha value is -1.64. The largest absolute Gasteiger partial charge is 0.497 e. The first-order valence-electron chi connectivity index (χ1n) is 3.62. The summed E-state index contributed by atoms with van der Waals surface area (Å²) in [6.07, 6.45) is 1.61. The van der Waals surface area contributed by atoms with Crippen LogP contribution in [0.5, 0.6) is 5.75 Å². The molecule has 1 aromatic carbocycles. The quantitative estimate of drug-likeness (QED) is 0.654. The van der Waals surface area contributed by atoms with Crippen LogP contribution in [-0.4, -0.2) is 7.11 Å². The van der Waals surface area contributed by atoms with E-state index in [0.717, 1.165) is 16.7 Å². The van der Waals surface area contributed by atoms with Crippen molar-refractivity contribution in [3.8, 4) is 5.75 Å². The summed E-state index contributed by atoms with van der Waals surface area (Å²) in [7, 11) is 1.60. The van der Waals surface area contributed by atoms with Gasteiger partial charge in [-0.25, -0.2) is 0 Å². The van der Waals surface area contributed by atoms with Crippen molar-refractivity contribution in [2.45, 2.75) is 0 Å². The maximum Gasteiger partial charge on any atom is 0.139 e. The number of benzene rings is 1. The van der Waals surface area contributed by atoms with Gasteiger partial charge in [0.25, 0.3) is 0 Å². The molecule has 0 atom stereocenters. The molecule has 2 rings (SSSR count). The fraction of sp³-hybridized carbons (Fsp3) is 0.111. The minimum Gasteiger partial charge on any atom is -0.497 e. The monoisotopic (exact) mass is 163 g/mol. The number of nitrogen functional groups attached to an aromatic ring is 1. The van der Waals surface area contributed by atoms with Crippen molar-refractivity contribution in [2.24, 2.45) is 0 Å². The number of anilines is 1. The minimum atomic E-state index is 0.679. The third-order valence-corrected chi connectivity index (χ3v) is 1.81. The molecular weight excluding hydrogens is 154 g/mol. The molecule has 3 nitrogen and oxygen atoms in total. The molecule has 0 aliphatic carbocycles. The highest BCUT2D eigenvalue weighted by Crippen LogP contribution is 2.27. The molecule has 1 heterocycles. The van der Waals surface area contributed by atoms with E-state index < -0.39 is 0 Å². The van der Waals surface area contributed by atoms with Crippen LogP contribution in [0.2, 0.25) is 0 Å². The molecular formula is C9H9NO2. The van der Waals surface area contributed by atoms with Gasteiger partial charge in [0.2, 0.25) is 0 Å². The Bertz CT molecular complexity index is 406. The van der Waals surface area contributed by atoms with Crippen molar-refractivity contribution in [3.63, 3.8) is 0 Å². The zero-order chi connectivity index (χ0) is 8.55. The van der Waals surface area contributed by atoms with E-state index in [1.807, 2.05) is 12.1 Å². The lowest BCUT2D eigenvalue weighted by atomic mass is 10.2. The summed E-state index contributed by atoms with van der Waals surface area (Å²) in [6, 6.07) is 5.42.